The van der Waals surface area contributed by atoms with Crippen molar-refractivity contribution >= 4 is 55.7 Å². The van der Waals surface area contributed by atoms with Gasteiger partial charge in [-0.1, -0.05) is 190 Å². The molecule has 1 heterocycles. The lowest BCUT2D eigenvalue weighted by molar-refractivity contribution is 0.632. The molecule has 0 aromatic heterocycles. The number of rotatable bonds is 7. The smallest absolute Gasteiger partial charge is 0.0618 e. The van der Waals surface area contributed by atoms with Crippen LogP contribution in [-0.2, 0) is 5.41 Å². The Hall–Kier alpha value is -7.68. The summed E-state index contributed by atoms with van der Waals surface area (Å²) >= 11 is 0. The lowest BCUT2D eigenvalue weighted by Gasteiger charge is -2.43. The molecule has 0 spiro atoms. The largest absolute Gasteiger partial charge is 0.310 e. The van der Waals surface area contributed by atoms with Crippen LogP contribution in [0.25, 0.3) is 54.9 Å². The number of hydrogen-bond donors (Lipinski definition) is 0. The number of nitrogens with zero attached hydrogens (tertiary/aromatic N) is 2. The van der Waals surface area contributed by atoms with Gasteiger partial charge < -0.3 is 9.80 Å². The molecular formula is C59H44N2. The molecule has 0 saturated heterocycles. The van der Waals surface area contributed by atoms with Crippen molar-refractivity contribution in [3.8, 4) is 33.4 Å². The van der Waals surface area contributed by atoms with Crippen LogP contribution in [0, 0.1) is 0 Å². The van der Waals surface area contributed by atoms with Crippen LogP contribution in [0.1, 0.15) is 25.0 Å². The molecule has 0 amide bonds. The first-order valence-corrected chi connectivity index (χ1v) is 21.2. The molecule has 0 aliphatic carbocycles. The molecule has 61 heavy (non-hydrogen) atoms. The van der Waals surface area contributed by atoms with E-state index in [0.717, 1.165) is 17.1 Å². The molecule has 10 aromatic carbocycles. The second kappa shape index (κ2) is 14.9. The van der Waals surface area contributed by atoms with Crippen molar-refractivity contribution in [1.29, 1.82) is 0 Å². The molecule has 0 bridgehead atoms. The Kier molecular flexibility index (Phi) is 8.86. The van der Waals surface area contributed by atoms with Crippen molar-refractivity contribution in [2.24, 2.45) is 0 Å². The third-order valence-corrected chi connectivity index (χ3v) is 12.6. The molecular weight excluding hydrogens is 737 g/mol. The van der Waals surface area contributed by atoms with Gasteiger partial charge in [0.15, 0.2) is 0 Å². The van der Waals surface area contributed by atoms with Crippen molar-refractivity contribution in [3.63, 3.8) is 0 Å². The first-order valence-electron chi connectivity index (χ1n) is 21.2. The molecule has 2 nitrogen and oxygen atoms in total. The van der Waals surface area contributed by atoms with Gasteiger partial charge in [-0.05, 0) is 110 Å². The van der Waals surface area contributed by atoms with E-state index in [0.29, 0.717) is 0 Å². The van der Waals surface area contributed by atoms with Crippen molar-refractivity contribution in [2.75, 3.05) is 9.80 Å². The van der Waals surface area contributed by atoms with E-state index in [-0.39, 0.29) is 5.41 Å². The van der Waals surface area contributed by atoms with E-state index in [1.165, 1.54) is 83.1 Å². The van der Waals surface area contributed by atoms with E-state index in [9.17, 15) is 0 Å². The van der Waals surface area contributed by atoms with Crippen molar-refractivity contribution in [2.45, 2.75) is 19.3 Å². The van der Waals surface area contributed by atoms with E-state index in [4.69, 9.17) is 0 Å². The van der Waals surface area contributed by atoms with Gasteiger partial charge in [0.1, 0.15) is 0 Å². The normalized spacial score (nSPS) is 12.9. The van der Waals surface area contributed by atoms with Crippen LogP contribution in [0.4, 0.5) is 34.1 Å². The molecule has 10 aromatic rings. The minimum atomic E-state index is -0.299. The Morgan fingerprint density at radius 1 is 0.344 bits per heavy atom. The van der Waals surface area contributed by atoms with Crippen LogP contribution in [-0.4, -0.2) is 0 Å². The van der Waals surface area contributed by atoms with Gasteiger partial charge in [0.2, 0.25) is 0 Å². The lowest BCUT2D eigenvalue weighted by atomic mass is 9.73. The summed E-state index contributed by atoms with van der Waals surface area (Å²) < 4.78 is 0. The van der Waals surface area contributed by atoms with Crippen LogP contribution < -0.4 is 9.80 Å². The van der Waals surface area contributed by atoms with Gasteiger partial charge >= 0.3 is 0 Å². The maximum atomic E-state index is 2.54. The molecule has 0 atom stereocenters. The Morgan fingerprint density at radius 2 is 0.836 bits per heavy atom. The minimum absolute atomic E-state index is 0.299. The zero-order valence-corrected chi connectivity index (χ0v) is 34.3. The zero-order chi connectivity index (χ0) is 40.9. The fourth-order valence-electron chi connectivity index (χ4n) is 9.47. The predicted octanol–water partition coefficient (Wildman–Crippen LogP) is 16.6. The van der Waals surface area contributed by atoms with Crippen LogP contribution >= 0.6 is 0 Å². The number of anilines is 6. The summed E-state index contributed by atoms with van der Waals surface area (Å²) in [6.45, 7) is 4.76. The fourth-order valence-corrected chi connectivity index (χ4v) is 9.47. The standard InChI is InChI=1S/C59H44N2/c1-59(2)54-23-13-14-24-56(54)61(58-52-22-12-11-20-46(52)31-37-53(58)48-26-25-43-19-9-10-21-47(43)39-48)57-38-36-51(40-55(57)59)60(49-32-27-44(28-33-49)41-15-5-3-6-16-41)50-34-29-45(30-35-50)42-17-7-4-8-18-42/h3-40H,1-2H3. The quantitative estimate of drug-likeness (QED) is 0.159. The summed E-state index contributed by atoms with van der Waals surface area (Å²) in [5.41, 5.74) is 16.4. The van der Waals surface area contributed by atoms with Crippen molar-refractivity contribution in [1.82, 2.24) is 0 Å². The van der Waals surface area contributed by atoms with Gasteiger partial charge in [-0.15, -0.1) is 0 Å². The third-order valence-electron chi connectivity index (χ3n) is 12.6. The average molecular weight is 781 g/mol. The van der Waals surface area contributed by atoms with E-state index in [2.05, 4.69) is 254 Å². The number of hydrogen-bond acceptors (Lipinski definition) is 2. The van der Waals surface area contributed by atoms with Gasteiger partial charge in [-0.2, -0.15) is 0 Å². The molecule has 0 saturated carbocycles. The van der Waals surface area contributed by atoms with Crippen LogP contribution in [0.15, 0.2) is 231 Å². The Morgan fingerprint density at radius 3 is 1.51 bits per heavy atom. The van der Waals surface area contributed by atoms with E-state index >= 15 is 0 Å². The molecule has 290 valence electrons. The first kappa shape index (κ1) is 36.4. The first-order chi connectivity index (χ1) is 30.0. The van der Waals surface area contributed by atoms with Gasteiger partial charge in [-0.25, -0.2) is 0 Å². The van der Waals surface area contributed by atoms with E-state index in [1.54, 1.807) is 0 Å². The summed E-state index contributed by atoms with van der Waals surface area (Å²) in [6, 6.07) is 84.3. The monoisotopic (exact) mass is 780 g/mol. The zero-order valence-electron chi connectivity index (χ0n) is 34.3. The van der Waals surface area contributed by atoms with Crippen molar-refractivity contribution < 1.29 is 0 Å². The minimum Gasteiger partial charge on any atom is -0.310 e. The highest BCUT2D eigenvalue weighted by molar-refractivity contribution is 6.08. The Balaban J connectivity index is 1.11. The lowest BCUT2D eigenvalue weighted by Crippen LogP contribution is -2.31. The highest BCUT2D eigenvalue weighted by atomic mass is 15.2. The van der Waals surface area contributed by atoms with Crippen LogP contribution in [0.3, 0.4) is 0 Å². The highest BCUT2D eigenvalue weighted by Crippen LogP contribution is 2.56. The van der Waals surface area contributed by atoms with E-state index in [1.807, 2.05) is 0 Å². The molecule has 0 fully saturated rings. The summed E-state index contributed by atoms with van der Waals surface area (Å²) in [5.74, 6) is 0. The molecule has 2 heteroatoms. The molecule has 11 rings (SSSR count). The maximum Gasteiger partial charge on any atom is 0.0618 e. The Bertz CT molecular complexity index is 3120. The fraction of sp³-hybridized carbons (Fsp3) is 0.0508. The SMILES string of the molecule is CC1(C)c2ccccc2N(c2c(-c3ccc4ccccc4c3)ccc3ccccc23)c2ccc(N(c3ccc(-c4ccccc4)cc3)c3ccc(-c4ccccc4)cc3)cc21. The maximum absolute atomic E-state index is 2.54. The van der Waals surface area contributed by atoms with E-state index < -0.39 is 0 Å². The summed E-state index contributed by atoms with van der Waals surface area (Å²) in [6.07, 6.45) is 0. The Labute approximate surface area is 358 Å². The van der Waals surface area contributed by atoms with Crippen LogP contribution in [0.5, 0.6) is 0 Å². The van der Waals surface area contributed by atoms with Gasteiger partial charge in [0.25, 0.3) is 0 Å². The van der Waals surface area contributed by atoms with Gasteiger partial charge in [0.05, 0.1) is 17.1 Å². The number of fused-ring (bicyclic) bond motifs is 4. The average Bonchev–Trinajstić information content (AvgIpc) is 3.33. The third kappa shape index (κ3) is 6.36. The number of benzene rings is 10. The summed E-state index contributed by atoms with van der Waals surface area (Å²) in [7, 11) is 0. The highest BCUT2D eigenvalue weighted by Gasteiger charge is 2.38. The number of para-hydroxylation sites is 1. The summed E-state index contributed by atoms with van der Waals surface area (Å²) in [4.78, 5) is 4.95. The molecule has 0 radical (unpaired) electrons. The molecule has 0 unspecified atom stereocenters. The molecule has 1 aliphatic heterocycles. The second-order valence-corrected chi connectivity index (χ2v) is 16.6. The summed E-state index contributed by atoms with van der Waals surface area (Å²) in [5, 5.41) is 4.91. The van der Waals surface area contributed by atoms with Crippen LogP contribution in [0.2, 0.25) is 0 Å². The van der Waals surface area contributed by atoms with Crippen molar-refractivity contribution in [3.05, 3.63) is 242 Å². The predicted molar refractivity (Wildman–Crippen MR) is 259 cm³/mol. The molecule has 0 N–H and O–H groups in total. The molecule has 1 aliphatic rings. The second-order valence-electron chi connectivity index (χ2n) is 16.6. The van der Waals surface area contributed by atoms with Gasteiger partial charge in [-0.3, -0.25) is 0 Å². The topological polar surface area (TPSA) is 6.48 Å². The van der Waals surface area contributed by atoms with Gasteiger partial charge in [0, 0.05) is 33.4 Å².